The summed E-state index contributed by atoms with van der Waals surface area (Å²) >= 11 is 2.24. The average Bonchev–Trinajstić information content (AvgIpc) is 2.42. The summed E-state index contributed by atoms with van der Waals surface area (Å²) in [5.74, 6) is -0.975. The Morgan fingerprint density at radius 3 is 2.35 bits per heavy atom. The molecule has 2 rings (SSSR count). The first-order chi connectivity index (χ1) is 9.61. The van der Waals surface area contributed by atoms with Crippen LogP contribution in [0.3, 0.4) is 0 Å². The van der Waals surface area contributed by atoms with Crippen LogP contribution in [0.4, 0.5) is 8.78 Å². The van der Waals surface area contributed by atoms with E-state index in [1.165, 1.54) is 18.2 Å². The van der Waals surface area contributed by atoms with Gasteiger partial charge in [0, 0.05) is 15.2 Å². The maximum absolute atomic E-state index is 13.8. The molecule has 4 heteroatoms. The second kappa shape index (κ2) is 7.13. The molecule has 0 saturated carbocycles. The van der Waals surface area contributed by atoms with E-state index in [1.807, 2.05) is 31.2 Å². The molecule has 0 heterocycles. The van der Waals surface area contributed by atoms with E-state index in [-0.39, 0.29) is 11.6 Å². The Morgan fingerprint density at radius 1 is 1.10 bits per heavy atom. The van der Waals surface area contributed by atoms with E-state index >= 15 is 0 Å². The van der Waals surface area contributed by atoms with Gasteiger partial charge >= 0.3 is 0 Å². The molecule has 1 N–H and O–H groups in total. The third-order valence-corrected chi connectivity index (χ3v) is 3.84. The molecule has 0 saturated heterocycles. The van der Waals surface area contributed by atoms with E-state index in [0.717, 1.165) is 15.7 Å². The summed E-state index contributed by atoms with van der Waals surface area (Å²) in [5.41, 5.74) is 1.18. The van der Waals surface area contributed by atoms with Crippen LogP contribution in [0.25, 0.3) is 0 Å². The van der Waals surface area contributed by atoms with Crippen LogP contribution >= 0.6 is 22.6 Å². The maximum Gasteiger partial charge on any atom is 0.129 e. The Bertz CT molecular complexity index is 566. The van der Waals surface area contributed by atoms with Crippen molar-refractivity contribution in [2.75, 3.05) is 6.54 Å². The Balaban J connectivity index is 2.30. The quantitative estimate of drug-likeness (QED) is 0.747. The van der Waals surface area contributed by atoms with E-state index in [2.05, 4.69) is 27.9 Å². The molecule has 0 aliphatic carbocycles. The summed E-state index contributed by atoms with van der Waals surface area (Å²) in [6, 6.07) is 11.9. The van der Waals surface area contributed by atoms with E-state index in [1.54, 1.807) is 0 Å². The van der Waals surface area contributed by atoms with Crippen molar-refractivity contribution >= 4 is 22.6 Å². The summed E-state index contributed by atoms with van der Waals surface area (Å²) in [5, 5.41) is 3.29. The molecule has 106 valence electrons. The molecule has 0 bridgehead atoms. The van der Waals surface area contributed by atoms with Crippen LogP contribution in [0.2, 0.25) is 0 Å². The van der Waals surface area contributed by atoms with Gasteiger partial charge in [0.1, 0.15) is 11.6 Å². The fourth-order valence-corrected chi connectivity index (χ4v) is 2.78. The van der Waals surface area contributed by atoms with Crippen molar-refractivity contribution < 1.29 is 8.78 Å². The van der Waals surface area contributed by atoms with Crippen molar-refractivity contribution in [2.24, 2.45) is 0 Å². The maximum atomic E-state index is 13.8. The third-order valence-electron chi connectivity index (χ3n) is 3.17. The first-order valence-corrected chi connectivity index (χ1v) is 7.61. The molecule has 1 unspecified atom stereocenters. The van der Waals surface area contributed by atoms with Crippen molar-refractivity contribution in [3.05, 3.63) is 68.8 Å². The number of likely N-dealkylation sites (N-methyl/N-ethyl adjacent to an activating group) is 1. The SMILES string of the molecule is CCNC(Cc1c(F)cccc1F)c1cccc(I)c1. The highest BCUT2D eigenvalue weighted by molar-refractivity contribution is 14.1. The Kier molecular flexibility index (Phi) is 5.48. The van der Waals surface area contributed by atoms with Crippen molar-refractivity contribution in [3.8, 4) is 0 Å². The average molecular weight is 387 g/mol. The van der Waals surface area contributed by atoms with Gasteiger partial charge in [0.15, 0.2) is 0 Å². The zero-order valence-corrected chi connectivity index (χ0v) is 13.3. The second-order valence-electron chi connectivity index (χ2n) is 4.57. The minimum atomic E-state index is -0.487. The van der Waals surface area contributed by atoms with Crippen LogP contribution in [0.1, 0.15) is 24.1 Å². The molecular formula is C16H16F2IN. The molecule has 1 atom stereocenters. The molecule has 0 fully saturated rings. The van der Waals surface area contributed by atoms with Crippen LogP contribution in [0.5, 0.6) is 0 Å². The lowest BCUT2D eigenvalue weighted by atomic mass is 9.98. The van der Waals surface area contributed by atoms with Gasteiger partial charge in [-0.05, 0) is 65.4 Å². The number of rotatable bonds is 5. The van der Waals surface area contributed by atoms with Crippen LogP contribution in [0.15, 0.2) is 42.5 Å². The molecule has 20 heavy (non-hydrogen) atoms. The molecule has 0 radical (unpaired) electrons. The van der Waals surface area contributed by atoms with E-state index in [9.17, 15) is 8.78 Å². The van der Waals surface area contributed by atoms with Gasteiger partial charge < -0.3 is 5.32 Å². The summed E-state index contributed by atoms with van der Waals surface area (Å²) in [6.45, 7) is 2.73. The van der Waals surface area contributed by atoms with E-state index < -0.39 is 11.6 Å². The molecule has 1 nitrogen and oxygen atoms in total. The summed E-state index contributed by atoms with van der Waals surface area (Å²) < 4.78 is 28.7. The lowest BCUT2D eigenvalue weighted by molar-refractivity contribution is 0.499. The summed E-state index contributed by atoms with van der Waals surface area (Å²) in [7, 11) is 0. The number of hydrogen-bond acceptors (Lipinski definition) is 1. The summed E-state index contributed by atoms with van der Waals surface area (Å²) in [6.07, 6.45) is 0.298. The largest absolute Gasteiger partial charge is 0.310 e. The number of halogens is 3. The van der Waals surface area contributed by atoms with Crippen molar-refractivity contribution in [1.82, 2.24) is 5.32 Å². The minimum absolute atomic E-state index is 0.0962. The lowest BCUT2D eigenvalue weighted by Crippen LogP contribution is -2.24. The topological polar surface area (TPSA) is 12.0 Å². The number of benzene rings is 2. The minimum Gasteiger partial charge on any atom is -0.310 e. The van der Waals surface area contributed by atoms with Gasteiger partial charge in [-0.25, -0.2) is 8.78 Å². The fourth-order valence-electron chi connectivity index (χ4n) is 2.21. The molecule has 2 aromatic carbocycles. The smallest absolute Gasteiger partial charge is 0.129 e. The highest BCUT2D eigenvalue weighted by Crippen LogP contribution is 2.23. The monoisotopic (exact) mass is 387 g/mol. The molecule has 0 aliphatic heterocycles. The zero-order valence-electron chi connectivity index (χ0n) is 11.2. The van der Waals surface area contributed by atoms with Crippen LogP contribution < -0.4 is 5.32 Å². The molecular weight excluding hydrogens is 371 g/mol. The summed E-state index contributed by atoms with van der Waals surface area (Å²) in [4.78, 5) is 0. The van der Waals surface area contributed by atoms with Gasteiger partial charge in [-0.2, -0.15) is 0 Å². The van der Waals surface area contributed by atoms with Gasteiger partial charge in [-0.15, -0.1) is 0 Å². The van der Waals surface area contributed by atoms with Crippen molar-refractivity contribution in [1.29, 1.82) is 0 Å². The van der Waals surface area contributed by atoms with Gasteiger partial charge in [0.25, 0.3) is 0 Å². The molecule has 0 amide bonds. The zero-order chi connectivity index (χ0) is 14.5. The first-order valence-electron chi connectivity index (χ1n) is 6.53. The predicted molar refractivity (Wildman–Crippen MR) is 85.6 cm³/mol. The standard InChI is InChI=1S/C16H16F2IN/c1-2-20-16(11-5-3-6-12(19)9-11)10-13-14(17)7-4-8-15(13)18/h3-9,16,20H,2,10H2,1H3. The third kappa shape index (κ3) is 3.76. The second-order valence-corrected chi connectivity index (χ2v) is 5.82. The Labute approximate surface area is 131 Å². The van der Waals surface area contributed by atoms with Gasteiger partial charge in [-0.3, -0.25) is 0 Å². The van der Waals surface area contributed by atoms with Gasteiger partial charge in [0.2, 0.25) is 0 Å². The van der Waals surface area contributed by atoms with Crippen molar-refractivity contribution in [3.63, 3.8) is 0 Å². The fraction of sp³-hybridized carbons (Fsp3) is 0.250. The highest BCUT2D eigenvalue weighted by Gasteiger charge is 2.16. The Morgan fingerprint density at radius 2 is 1.75 bits per heavy atom. The predicted octanol–water partition coefficient (Wildman–Crippen LogP) is 4.46. The Hall–Kier alpha value is -1.01. The molecule has 2 aromatic rings. The molecule has 0 aliphatic rings. The van der Waals surface area contributed by atoms with Gasteiger partial charge in [0.05, 0.1) is 0 Å². The van der Waals surface area contributed by atoms with Crippen LogP contribution in [0, 0.1) is 15.2 Å². The van der Waals surface area contributed by atoms with Crippen LogP contribution in [-0.2, 0) is 6.42 Å². The van der Waals surface area contributed by atoms with Crippen molar-refractivity contribution in [2.45, 2.75) is 19.4 Å². The molecule has 0 spiro atoms. The lowest BCUT2D eigenvalue weighted by Gasteiger charge is -2.19. The molecule has 0 aromatic heterocycles. The van der Waals surface area contributed by atoms with E-state index in [0.29, 0.717) is 6.42 Å². The normalized spacial score (nSPS) is 12.4. The van der Waals surface area contributed by atoms with Gasteiger partial charge in [-0.1, -0.05) is 25.1 Å². The highest BCUT2D eigenvalue weighted by atomic mass is 127. The van der Waals surface area contributed by atoms with Crippen LogP contribution in [-0.4, -0.2) is 6.54 Å². The first kappa shape index (κ1) is 15.4. The number of hydrogen-bond donors (Lipinski definition) is 1. The van der Waals surface area contributed by atoms with E-state index in [4.69, 9.17) is 0 Å². The number of nitrogens with one attached hydrogen (secondary N) is 1.